The average Bonchev–Trinajstić information content (AvgIpc) is 3.01. The first kappa shape index (κ1) is 20.5. The quantitative estimate of drug-likeness (QED) is 0.387. The van der Waals surface area contributed by atoms with E-state index in [0.29, 0.717) is 16.8 Å². The highest BCUT2D eigenvalue weighted by molar-refractivity contribution is 6.46. The number of benzene rings is 2. The Morgan fingerprint density at radius 2 is 1.77 bits per heavy atom. The van der Waals surface area contributed by atoms with Crippen LogP contribution in [0.1, 0.15) is 34.0 Å². The van der Waals surface area contributed by atoms with Crippen LogP contribution >= 0.6 is 0 Å². The molecule has 2 aromatic carbocycles. The number of likely N-dealkylation sites (tertiary alicyclic amines) is 1. The number of pyridine rings is 1. The molecule has 1 amide bonds. The molecular weight excluding hydrogens is 395 g/mol. The van der Waals surface area contributed by atoms with Gasteiger partial charge in [0.05, 0.1) is 23.9 Å². The molecule has 0 bridgehead atoms. The first-order chi connectivity index (χ1) is 14.9. The Kier molecular flexibility index (Phi) is 5.38. The summed E-state index contributed by atoms with van der Waals surface area (Å²) in [4.78, 5) is 31.6. The summed E-state index contributed by atoms with van der Waals surface area (Å²) < 4.78 is 13.6. The number of hydrogen-bond donors (Lipinski definition) is 1. The van der Waals surface area contributed by atoms with Gasteiger partial charge in [0.15, 0.2) is 0 Å². The van der Waals surface area contributed by atoms with Gasteiger partial charge in [-0.25, -0.2) is 4.39 Å². The SMILES string of the molecule is Cc1ccc(/C(O)=C2/C(=O)C(=O)N(Cc3ccccn3)C2c2ccc(F)cc2)cc1C. The van der Waals surface area contributed by atoms with Gasteiger partial charge in [-0.1, -0.05) is 30.3 Å². The van der Waals surface area contributed by atoms with E-state index >= 15 is 0 Å². The summed E-state index contributed by atoms with van der Waals surface area (Å²) in [5, 5.41) is 11.1. The summed E-state index contributed by atoms with van der Waals surface area (Å²) in [7, 11) is 0. The van der Waals surface area contributed by atoms with Gasteiger partial charge in [0.1, 0.15) is 11.6 Å². The van der Waals surface area contributed by atoms with E-state index in [2.05, 4.69) is 4.98 Å². The molecule has 6 heteroatoms. The van der Waals surface area contributed by atoms with Crippen molar-refractivity contribution in [2.75, 3.05) is 0 Å². The molecule has 0 aliphatic carbocycles. The van der Waals surface area contributed by atoms with Crippen molar-refractivity contribution in [2.45, 2.75) is 26.4 Å². The fourth-order valence-electron chi connectivity index (χ4n) is 3.75. The van der Waals surface area contributed by atoms with E-state index in [1.54, 1.807) is 36.5 Å². The number of halogens is 1. The third kappa shape index (κ3) is 3.84. The van der Waals surface area contributed by atoms with Crippen LogP contribution in [0.15, 0.2) is 72.4 Å². The molecule has 1 unspecified atom stereocenters. The van der Waals surface area contributed by atoms with Crippen LogP contribution in [0.25, 0.3) is 5.76 Å². The summed E-state index contributed by atoms with van der Waals surface area (Å²) in [6.45, 7) is 3.93. The molecule has 5 nitrogen and oxygen atoms in total. The van der Waals surface area contributed by atoms with Gasteiger partial charge in [0, 0.05) is 11.8 Å². The van der Waals surface area contributed by atoms with E-state index in [-0.39, 0.29) is 17.9 Å². The lowest BCUT2D eigenvalue weighted by molar-refractivity contribution is -0.140. The summed E-state index contributed by atoms with van der Waals surface area (Å²) in [6.07, 6.45) is 1.61. The second-order valence-corrected chi connectivity index (χ2v) is 7.60. The first-order valence-corrected chi connectivity index (χ1v) is 9.88. The summed E-state index contributed by atoms with van der Waals surface area (Å²) in [5.41, 5.74) is 3.55. The van der Waals surface area contributed by atoms with Gasteiger partial charge < -0.3 is 10.0 Å². The van der Waals surface area contributed by atoms with Crippen molar-refractivity contribution in [3.8, 4) is 0 Å². The molecular formula is C25H21FN2O3. The minimum Gasteiger partial charge on any atom is -0.507 e. The van der Waals surface area contributed by atoms with E-state index in [1.165, 1.54) is 29.2 Å². The number of carbonyl (C=O) groups is 2. The lowest BCUT2D eigenvalue weighted by Crippen LogP contribution is -2.29. The molecule has 1 N–H and O–H groups in total. The van der Waals surface area contributed by atoms with Gasteiger partial charge in [-0.3, -0.25) is 14.6 Å². The molecule has 1 aliphatic heterocycles. The van der Waals surface area contributed by atoms with E-state index < -0.39 is 23.5 Å². The van der Waals surface area contributed by atoms with E-state index in [1.807, 2.05) is 19.9 Å². The van der Waals surface area contributed by atoms with E-state index in [9.17, 15) is 19.1 Å². The van der Waals surface area contributed by atoms with Crippen molar-refractivity contribution in [3.05, 3.63) is 106 Å². The molecule has 1 fully saturated rings. The lowest BCUT2D eigenvalue weighted by atomic mass is 9.94. The third-order valence-corrected chi connectivity index (χ3v) is 5.56. The maximum atomic E-state index is 13.6. The first-order valence-electron chi connectivity index (χ1n) is 9.88. The van der Waals surface area contributed by atoms with Gasteiger partial charge in [-0.2, -0.15) is 0 Å². The minimum absolute atomic E-state index is 0.0178. The molecule has 2 heterocycles. The maximum Gasteiger partial charge on any atom is 0.296 e. The van der Waals surface area contributed by atoms with Crippen LogP contribution in [0.4, 0.5) is 4.39 Å². The molecule has 0 radical (unpaired) electrons. The number of nitrogens with zero attached hydrogens (tertiary/aromatic N) is 2. The molecule has 4 rings (SSSR count). The number of amides is 1. The number of aliphatic hydroxyl groups is 1. The third-order valence-electron chi connectivity index (χ3n) is 5.56. The normalized spacial score (nSPS) is 17.9. The molecule has 156 valence electrons. The molecule has 0 spiro atoms. The van der Waals surface area contributed by atoms with E-state index in [4.69, 9.17) is 0 Å². The number of aromatic nitrogens is 1. The zero-order chi connectivity index (χ0) is 22.1. The van der Waals surface area contributed by atoms with Gasteiger partial charge in [-0.05, 0) is 60.9 Å². The van der Waals surface area contributed by atoms with Crippen LogP contribution in [0.3, 0.4) is 0 Å². The maximum absolute atomic E-state index is 13.6. The fourth-order valence-corrected chi connectivity index (χ4v) is 3.75. The number of rotatable bonds is 4. The van der Waals surface area contributed by atoms with Crippen LogP contribution < -0.4 is 0 Å². The van der Waals surface area contributed by atoms with E-state index in [0.717, 1.165) is 11.1 Å². The Morgan fingerprint density at radius 3 is 2.42 bits per heavy atom. The lowest BCUT2D eigenvalue weighted by Gasteiger charge is -2.25. The van der Waals surface area contributed by atoms with Crippen molar-refractivity contribution in [3.63, 3.8) is 0 Å². The molecule has 1 saturated heterocycles. The predicted molar refractivity (Wildman–Crippen MR) is 114 cm³/mol. The average molecular weight is 416 g/mol. The van der Waals surface area contributed by atoms with Crippen molar-refractivity contribution >= 4 is 17.4 Å². The Bertz CT molecular complexity index is 1190. The highest BCUT2D eigenvalue weighted by Crippen LogP contribution is 2.40. The summed E-state index contributed by atoms with van der Waals surface area (Å²) >= 11 is 0. The van der Waals surface area contributed by atoms with Gasteiger partial charge in [0.2, 0.25) is 0 Å². The summed E-state index contributed by atoms with van der Waals surface area (Å²) in [5.74, 6) is -2.19. The zero-order valence-electron chi connectivity index (χ0n) is 17.2. The van der Waals surface area contributed by atoms with Gasteiger partial charge >= 0.3 is 0 Å². The van der Waals surface area contributed by atoms with Gasteiger partial charge in [0.25, 0.3) is 11.7 Å². The van der Waals surface area contributed by atoms with Gasteiger partial charge in [-0.15, -0.1) is 0 Å². The Hall–Kier alpha value is -3.80. The number of Topliss-reactive ketones (excluding diaryl/α,β-unsaturated/α-hetero) is 1. The standard InChI is InChI=1S/C25H21FN2O3/c1-15-6-7-18(13-16(15)2)23(29)21-22(17-8-10-19(26)11-9-17)28(25(31)24(21)30)14-20-5-3-4-12-27-20/h3-13,22,29H,14H2,1-2H3/b23-21-. The Labute approximate surface area is 179 Å². The van der Waals surface area contributed by atoms with Crippen molar-refractivity contribution in [2.24, 2.45) is 0 Å². The Morgan fingerprint density at radius 1 is 1.03 bits per heavy atom. The van der Waals surface area contributed by atoms with Crippen molar-refractivity contribution in [1.82, 2.24) is 9.88 Å². The molecule has 1 aliphatic rings. The summed E-state index contributed by atoms with van der Waals surface area (Å²) in [6, 6.07) is 15.4. The Balaban J connectivity index is 1.87. The number of carbonyl (C=O) groups excluding carboxylic acids is 2. The van der Waals surface area contributed by atoms with Crippen LogP contribution in [-0.2, 0) is 16.1 Å². The fraction of sp³-hybridized carbons (Fsp3) is 0.160. The van der Waals surface area contributed by atoms with Crippen LogP contribution in [-0.4, -0.2) is 26.7 Å². The zero-order valence-corrected chi connectivity index (χ0v) is 17.2. The second kappa shape index (κ2) is 8.14. The number of aryl methyl sites for hydroxylation is 2. The topological polar surface area (TPSA) is 70.5 Å². The molecule has 31 heavy (non-hydrogen) atoms. The highest BCUT2D eigenvalue weighted by atomic mass is 19.1. The molecule has 1 aromatic heterocycles. The number of aliphatic hydroxyl groups excluding tert-OH is 1. The molecule has 1 atom stereocenters. The van der Waals surface area contributed by atoms with Crippen molar-refractivity contribution < 1.29 is 19.1 Å². The predicted octanol–water partition coefficient (Wildman–Crippen LogP) is 4.46. The molecule has 3 aromatic rings. The van der Waals surface area contributed by atoms with Crippen LogP contribution in [0.2, 0.25) is 0 Å². The monoisotopic (exact) mass is 416 g/mol. The smallest absolute Gasteiger partial charge is 0.296 e. The van der Waals surface area contributed by atoms with Crippen LogP contribution in [0.5, 0.6) is 0 Å². The van der Waals surface area contributed by atoms with Crippen LogP contribution in [0, 0.1) is 19.7 Å². The largest absolute Gasteiger partial charge is 0.507 e. The number of hydrogen-bond acceptors (Lipinski definition) is 4. The highest BCUT2D eigenvalue weighted by Gasteiger charge is 2.46. The molecule has 0 saturated carbocycles. The van der Waals surface area contributed by atoms with Crippen molar-refractivity contribution in [1.29, 1.82) is 0 Å². The number of ketones is 1. The minimum atomic E-state index is -0.857. The second-order valence-electron chi connectivity index (χ2n) is 7.60.